The number of carbonyl (C=O) groups excluding carboxylic acids is 2. The maximum absolute atomic E-state index is 12.2. The first kappa shape index (κ1) is 20.3. The number of morpholine rings is 1. The second kappa shape index (κ2) is 9.67. The molecule has 0 saturated carbocycles. The van der Waals surface area contributed by atoms with Crippen molar-refractivity contribution in [3.63, 3.8) is 0 Å². The molecule has 0 aromatic carbocycles. The van der Waals surface area contributed by atoms with E-state index in [-0.39, 0.29) is 17.5 Å². The Balaban J connectivity index is 1.52. The van der Waals surface area contributed by atoms with Gasteiger partial charge in [0.1, 0.15) is 5.00 Å². The van der Waals surface area contributed by atoms with E-state index < -0.39 is 5.91 Å². The van der Waals surface area contributed by atoms with Crippen LogP contribution in [0.2, 0.25) is 0 Å². The zero-order chi connectivity index (χ0) is 19.9. The molecule has 0 radical (unpaired) electrons. The average molecular weight is 407 g/mol. The van der Waals surface area contributed by atoms with Gasteiger partial charge in [-0.25, -0.2) is 4.79 Å². The minimum atomic E-state index is -0.609. The van der Waals surface area contributed by atoms with Gasteiger partial charge in [0.25, 0.3) is 5.91 Å². The molecule has 0 spiro atoms. The number of urea groups is 1. The number of nitrogens with one attached hydrogen (secondary N) is 2. The molecule has 1 unspecified atom stereocenters. The summed E-state index contributed by atoms with van der Waals surface area (Å²) < 4.78 is 9.67. The predicted octanol–water partition coefficient (Wildman–Crippen LogP) is 0.972. The second-order valence-corrected chi connectivity index (χ2v) is 7.50. The van der Waals surface area contributed by atoms with Crippen LogP contribution in [-0.4, -0.2) is 60.6 Å². The molecule has 1 aliphatic heterocycles. The molecule has 1 aliphatic carbocycles. The molecule has 1 atom stereocenters. The summed E-state index contributed by atoms with van der Waals surface area (Å²) in [4.78, 5) is 26.5. The van der Waals surface area contributed by atoms with Crippen LogP contribution < -0.4 is 22.1 Å². The molecule has 1 aromatic rings. The molecule has 10 heteroatoms. The zero-order valence-corrected chi connectivity index (χ0v) is 16.5. The summed E-state index contributed by atoms with van der Waals surface area (Å²) in [6.45, 7) is 4.82. The van der Waals surface area contributed by atoms with Crippen molar-refractivity contribution in [2.75, 3.05) is 44.7 Å². The monoisotopic (exact) mass is 406 g/mol. The van der Waals surface area contributed by atoms with E-state index in [1.807, 2.05) is 12.2 Å². The number of allylic oxidation sites excluding steroid dienone is 3. The van der Waals surface area contributed by atoms with Crippen LogP contribution in [0.5, 0.6) is 0 Å². The normalized spacial score (nSPS) is 19.9. The fourth-order valence-electron chi connectivity index (χ4n) is 3.20. The Morgan fingerprint density at radius 3 is 2.82 bits per heavy atom. The Kier molecular flexibility index (Phi) is 7.01. The van der Waals surface area contributed by atoms with Crippen LogP contribution in [0.15, 0.2) is 23.9 Å². The lowest BCUT2D eigenvalue weighted by molar-refractivity contribution is 0.0375. The highest BCUT2D eigenvalue weighted by Gasteiger charge is 2.25. The number of nitrogens with zero attached hydrogens (tertiary/aromatic N) is 2. The number of carbonyl (C=O) groups is 2. The summed E-state index contributed by atoms with van der Waals surface area (Å²) >= 11 is 1.06. The van der Waals surface area contributed by atoms with Gasteiger partial charge in [-0.05, 0) is 37.0 Å². The van der Waals surface area contributed by atoms with Gasteiger partial charge in [-0.15, -0.1) is 0 Å². The lowest BCUT2D eigenvalue weighted by atomic mass is 9.93. The molecule has 0 bridgehead atoms. The first-order valence-electron chi connectivity index (χ1n) is 9.32. The molecule has 6 N–H and O–H groups in total. The minimum Gasteiger partial charge on any atom is -0.399 e. The number of hydrogen-bond acceptors (Lipinski definition) is 7. The van der Waals surface area contributed by atoms with Crippen molar-refractivity contribution in [3.8, 4) is 0 Å². The van der Waals surface area contributed by atoms with Crippen molar-refractivity contribution in [1.29, 1.82) is 0 Å². The number of amides is 3. The van der Waals surface area contributed by atoms with E-state index >= 15 is 0 Å². The van der Waals surface area contributed by atoms with Gasteiger partial charge < -0.3 is 21.5 Å². The van der Waals surface area contributed by atoms with E-state index in [9.17, 15) is 9.59 Å². The fraction of sp³-hybridized carbons (Fsp3) is 0.500. The Labute approximate surface area is 167 Å². The van der Waals surface area contributed by atoms with E-state index in [4.69, 9.17) is 16.2 Å². The third-order valence-corrected chi connectivity index (χ3v) is 5.49. The number of nitrogens with two attached hydrogens (primary N) is 2. The predicted molar refractivity (Wildman–Crippen MR) is 108 cm³/mol. The fourth-order valence-corrected chi connectivity index (χ4v) is 4.05. The quantitative estimate of drug-likeness (QED) is 0.498. The first-order chi connectivity index (χ1) is 13.5. The Morgan fingerprint density at radius 1 is 1.36 bits per heavy atom. The van der Waals surface area contributed by atoms with E-state index in [1.165, 1.54) is 0 Å². The minimum absolute atomic E-state index is 0.0850. The summed E-state index contributed by atoms with van der Waals surface area (Å²) in [5.74, 6) is -0.694. The number of aromatic nitrogens is 1. The molecule has 1 aromatic heterocycles. The molecule has 9 nitrogen and oxygen atoms in total. The molecule has 1 saturated heterocycles. The van der Waals surface area contributed by atoms with Crippen molar-refractivity contribution in [3.05, 3.63) is 35.2 Å². The highest BCUT2D eigenvalue weighted by molar-refractivity contribution is 7.11. The second-order valence-electron chi connectivity index (χ2n) is 6.73. The van der Waals surface area contributed by atoms with Crippen LogP contribution in [0.4, 0.5) is 9.80 Å². The van der Waals surface area contributed by atoms with Crippen LogP contribution in [0.1, 0.15) is 34.8 Å². The Hall–Kier alpha value is -2.43. The van der Waals surface area contributed by atoms with Crippen molar-refractivity contribution in [1.82, 2.24) is 14.6 Å². The van der Waals surface area contributed by atoms with E-state index in [1.54, 1.807) is 6.08 Å². The van der Waals surface area contributed by atoms with Crippen molar-refractivity contribution >= 4 is 28.5 Å². The van der Waals surface area contributed by atoms with Gasteiger partial charge >= 0.3 is 6.03 Å². The maximum atomic E-state index is 12.2. The number of rotatable bonds is 7. The van der Waals surface area contributed by atoms with Crippen LogP contribution in [0, 0.1) is 0 Å². The van der Waals surface area contributed by atoms with Gasteiger partial charge in [0, 0.05) is 31.2 Å². The van der Waals surface area contributed by atoms with Crippen molar-refractivity contribution < 1.29 is 14.3 Å². The van der Waals surface area contributed by atoms with Gasteiger partial charge in [0.15, 0.2) is 0 Å². The van der Waals surface area contributed by atoms with Gasteiger partial charge in [-0.3, -0.25) is 15.0 Å². The van der Waals surface area contributed by atoms with Gasteiger partial charge in [0.05, 0.1) is 24.5 Å². The highest BCUT2D eigenvalue weighted by atomic mass is 32.1. The molecule has 152 valence electrons. The third-order valence-electron chi connectivity index (χ3n) is 4.71. The smallest absolute Gasteiger partial charge is 0.319 e. The lowest BCUT2D eigenvalue weighted by Crippen LogP contribution is -2.38. The molecule has 3 rings (SSSR count). The van der Waals surface area contributed by atoms with Gasteiger partial charge in [-0.1, -0.05) is 12.2 Å². The van der Waals surface area contributed by atoms with Gasteiger partial charge in [0.2, 0.25) is 0 Å². The van der Waals surface area contributed by atoms with Crippen LogP contribution in [0.3, 0.4) is 0 Å². The third kappa shape index (κ3) is 5.31. The van der Waals surface area contributed by atoms with Crippen molar-refractivity contribution in [2.24, 2.45) is 11.5 Å². The van der Waals surface area contributed by atoms with Crippen molar-refractivity contribution in [2.45, 2.75) is 18.8 Å². The molecule has 2 heterocycles. The summed E-state index contributed by atoms with van der Waals surface area (Å²) in [6.07, 6.45) is 7.03. The van der Waals surface area contributed by atoms with Crippen LogP contribution in [-0.2, 0) is 4.74 Å². The maximum Gasteiger partial charge on any atom is 0.319 e. The summed E-state index contributed by atoms with van der Waals surface area (Å²) in [5.41, 5.74) is 12.8. The number of anilines is 1. The molecule has 2 aliphatic rings. The Bertz CT molecular complexity index is 769. The van der Waals surface area contributed by atoms with E-state index in [0.717, 1.165) is 50.8 Å². The first-order valence-corrected chi connectivity index (χ1v) is 10.1. The summed E-state index contributed by atoms with van der Waals surface area (Å²) in [6, 6.07) is -0.372. The molecular weight excluding hydrogens is 380 g/mol. The largest absolute Gasteiger partial charge is 0.399 e. The lowest BCUT2D eigenvalue weighted by Gasteiger charge is -2.26. The van der Waals surface area contributed by atoms with Gasteiger partial charge in [-0.2, -0.15) is 4.37 Å². The number of hydrogen-bond donors (Lipinski definition) is 4. The van der Waals surface area contributed by atoms with E-state index in [0.29, 0.717) is 29.4 Å². The molecule has 28 heavy (non-hydrogen) atoms. The summed E-state index contributed by atoms with van der Waals surface area (Å²) in [5, 5.41) is 5.88. The van der Waals surface area contributed by atoms with E-state index in [2.05, 4.69) is 19.9 Å². The molecule has 3 amide bonds. The molecular formula is C18H26N6O3S. The topological polar surface area (TPSA) is 136 Å². The average Bonchev–Trinajstić information content (AvgIpc) is 3.10. The highest BCUT2D eigenvalue weighted by Crippen LogP contribution is 2.33. The zero-order valence-electron chi connectivity index (χ0n) is 15.6. The van der Waals surface area contributed by atoms with Crippen LogP contribution >= 0.6 is 11.5 Å². The number of primary amides is 1. The SMILES string of the molecule is NC(=O)c1c(C2C=CC(N)=CC2)nsc1NC(=O)NCCCN1CCOCC1. The number of ether oxygens (including phenoxy) is 1. The summed E-state index contributed by atoms with van der Waals surface area (Å²) in [7, 11) is 0. The van der Waals surface area contributed by atoms with Crippen LogP contribution in [0.25, 0.3) is 0 Å². The Morgan fingerprint density at radius 2 is 2.14 bits per heavy atom. The standard InChI is InChI=1S/C18H26N6O3S/c19-13-4-2-12(3-5-13)15-14(16(20)25)17(28-23-15)22-18(26)21-6-1-7-24-8-10-27-11-9-24/h2,4-5,12H,1,3,6-11,19H2,(H2,20,25)(H2,21,22,26). The molecule has 1 fully saturated rings.